The van der Waals surface area contributed by atoms with Gasteiger partial charge in [0.2, 0.25) is 0 Å². The summed E-state index contributed by atoms with van der Waals surface area (Å²) in [5.41, 5.74) is -9.09. The van der Waals surface area contributed by atoms with Crippen LogP contribution in [0.4, 0.5) is 4.79 Å². The van der Waals surface area contributed by atoms with E-state index in [1.807, 2.05) is 0 Å². The smallest absolute Gasteiger partial charge is 0.408 e. The number of ketones is 1. The lowest BCUT2D eigenvalue weighted by Crippen LogP contribution is -2.82. The Hall–Kier alpha value is -5.69. The van der Waals surface area contributed by atoms with E-state index in [1.54, 1.807) is 69.3 Å². The van der Waals surface area contributed by atoms with Gasteiger partial charge in [-0.15, -0.1) is 0 Å². The van der Waals surface area contributed by atoms with Crippen molar-refractivity contribution in [2.24, 2.45) is 16.7 Å². The predicted molar refractivity (Wildman–Crippen MR) is 224 cm³/mol. The maximum Gasteiger partial charge on any atom is 0.408 e. The van der Waals surface area contributed by atoms with Crippen molar-refractivity contribution in [2.45, 2.75) is 141 Å². The first-order chi connectivity index (χ1) is 30.3. The lowest BCUT2D eigenvalue weighted by molar-refractivity contribution is -0.346. The van der Waals surface area contributed by atoms with E-state index in [4.69, 9.17) is 28.4 Å². The molecule has 4 aliphatic rings. The molecule has 1 saturated heterocycles. The van der Waals surface area contributed by atoms with Gasteiger partial charge in [-0.05, 0) is 63.5 Å². The van der Waals surface area contributed by atoms with Crippen molar-refractivity contribution in [1.82, 2.24) is 5.32 Å². The molecule has 1 amide bonds. The molecule has 2 aromatic rings. The first kappa shape index (κ1) is 48.8. The second-order valence-corrected chi connectivity index (χ2v) is 18.9. The quantitative estimate of drug-likeness (QED) is 0.116. The molecule has 0 spiro atoms. The SMILES string of the molecule is CC(=O)OC12CO[C@@H]1C[C@H](O)[C@@]1(C)C(=O)[C@H](OC(=O)CCC(=O)O)C3=C(C)[C@@H](OC(=O)[C@H](O)[C@@H](NC(=O)OC(C)(C)C)c4ccccc4)C[C@@](O)([C@@H](OC(=O)c4ccccc4)[C@H]21)C3(C)C. The van der Waals surface area contributed by atoms with Crippen LogP contribution in [0.15, 0.2) is 71.8 Å². The van der Waals surface area contributed by atoms with E-state index < -0.39 is 137 Å². The molecule has 11 atom stereocenters. The normalized spacial score (nSPS) is 31.2. The fourth-order valence-corrected chi connectivity index (χ4v) is 10.0. The molecule has 3 fully saturated rings. The van der Waals surface area contributed by atoms with Crippen molar-refractivity contribution in [3.8, 4) is 0 Å². The van der Waals surface area contributed by atoms with Crippen LogP contribution in [-0.4, -0.2) is 122 Å². The lowest BCUT2D eigenvalue weighted by atomic mass is 9.44. The van der Waals surface area contributed by atoms with Crippen molar-refractivity contribution < 1.29 is 82.4 Å². The number of ether oxygens (including phenoxy) is 6. The van der Waals surface area contributed by atoms with Gasteiger partial charge in [0.25, 0.3) is 0 Å². The molecule has 1 heterocycles. The average Bonchev–Trinajstić information content (AvgIpc) is 3.22. The van der Waals surface area contributed by atoms with Gasteiger partial charge < -0.3 is 54.2 Å². The predicted octanol–water partition coefficient (Wildman–Crippen LogP) is 3.68. The van der Waals surface area contributed by atoms with E-state index in [2.05, 4.69) is 5.32 Å². The molecule has 1 aliphatic heterocycles. The van der Waals surface area contributed by atoms with Crippen LogP contribution < -0.4 is 5.32 Å². The van der Waals surface area contributed by atoms with Crippen LogP contribution in [0.25, 0.3) is 0 Å². The fourth-order valence-electron chi connectivity index (χ4n) is 10.0. The maximum atomic E-state index is 15.7. The summed E-state index contributed by atoms with van der Waals surface area (Å²) in [5, 5.41) is 49.5. The molecule has 5 N–H and O–H groups in total. The Morgan fingerprint density at radius 3 is 2.09 bits per heavy atom. The number of nitrogens with one attached hydrogen (secondary N) is 1. The molecule has 65 heavy (non-hydrogen) atoms. The number of fused-ring (bicyclic) bond motifs is 5. The number of aliphatic carboxylic acids is 1. The summed E-state index contributed by atoms with van der Waals surface area (Å²) in [7, 11) is 0. The van der Waals surface area contributed by atoms with Crippen LogP contribution in [0.1, 0.15) is 103 Å². The summed E-state index contributed by atoms with van der Waals surface area (Å²) in [6, 6.07) is 14.2. The molecular formula is C47H57NO17. The standard InChI is InChI=1S/C47H57NO17/c1-24-28(61-41(57)35(54)34(26-15-11-9-12-16-26)48-42(58)65-43(3,4)5)22-47(59)39(63-40(56)27-17-13-10-14-18-27)37-45(8,29(50)21-30-46(37,23-60-30)64-25(2)49)38(55)36(33(24)44(47,6)7)62-32(53)20-19-31(51)52/h9-18,28-30,34-37,39,50,54,59H,19-23H2,1-8H3,(H,48,58)(H,51,52)/t28-,29-,30+,34-,35+,36+,37-,39-,45+,46?,47+/m0/s1. The topological polar surface area (TPSA) is 268 Å². The average molecular weight is 908 g/mol. The molecule has 2 aromatic carbocycles. The van der Waals surface area contributed by atoms with Crippen LogP contribution in [-0.2, 0) is 52.4 Å². The van der Waals surface area contributed by atoms with Crippen LogP contribution in [0.3, 0.4) is 0 Å². The Kier molecular flexibility index (Phi) is 13.5. The number of hydrogen-bond acceptors (Lipinski definition) is 16. The molecule has 1 unspecified atom stereocenters. The Morgan fingerprint density at radius 1 is 0.923 bits per heavy atom. The van der Waals surface area contributed by atoms with Crippen molar-refractivity contribution >= 4 is 41.7 Å². The number of rotatable bonds is 12. The molecule has 0 aromatic heterocycles. The molecular weight excluding hydrogens is 851 g/mol. The first-order valence-corrected chi connectivity index (χ1v) is 21.4. The van der Waals surface area contributed by atoms with E-state index in [-0.39, 0.29) is 35.3 Å². The summed E-state index contributed by atoms with van der Waals surface area (Å²) in [4.78, 5) is 95.6. The van der Waals surface area contributed by atoms with Gasteiger partial charge in [0, 0.05) is 25.2 Å². The third-order valence-electron chi connectivity index (χ3n) is 13.3. The zero-order valence-electron chi connectivity index (χ0n) is 37.5. The second kappa shape index (κ2) is 17.9. The third kappa shape index (κ3) is 9.00. The summed E-state index contributed by atoms with van der Waals surface area (Å²) in [6.07, 6.45) is -13.7. The van der Waals surface area contributed by atoms with Crippen LogP contribution in [0.5, 0.6) is 0 Å². The number of carbonyl (C=O) groups excluding carboxylic acids is 6. The Balaban J connectivity index is 1.56. The van der Waals surface area contributed by atoms with E-state index >= 15 is 4.79 Å². The molecule has 18 heteroatoms. The fraction of sp³-hybridized carbons (Fsp3) is 0.553. The van der Waals surface area contributed by atoms with Gasteiger partial charge in [-0.2, -0.15) is 0 Å². The number of carboxylic acids is 1. The number of Topliss-reactive ketones (excluding diaryl/α,β-unsaturated/α-hetero) is 1. The van der Waals surface area contributed by atoms with Crippen molar-refractivity contribution in [2.75, 3.05) is 6.61 Å². The zero-order valence-corrected chi connectivity index (χ0v) is 37.5. The highest BCUT2D eigenvalue weighted by Gasteiger charge is 2.78. The summed E-state index contributed by atoms with van der Waals surface area (Å²) < 4.78 is 35.7. The van der Waals surface area contributed by atoms with E-state index in [9.17, 15) is 49.2 Å². The third-order valence-corrected chi connectivity index (χ3v) is 13.3. The molecule has 3 aliphatic carbocycles. The van der Waals surface area contributed by atoms with Crippen LogP contribution in [0.2, 0.25) is 0 Å². The second-order valence-electron chi connectivity index (χ2n) is 18.9. The van der Waals surface area contributed by atoms with Gasteiger partial charge in [0.15, 0.2) is 23.6 Å². The number of benzene rings is 2. The minimum absolute atomic E-state index is 0.0202. The maximum absolute atomic E-state index is 15.7. The molecule has 18 nitrogen and oxygen atoms in total. The monoisotopic (exact) mass is 907 g/mol. The number of esters is 4. The molecule has 352 valence electrons. The Bertz CT molecular complexity index is 2240. The number of aliphatic hydroxyl groups excluding tert-OH is 2. The molecule has 0 radical (unpaired) electrons. The molecule has 2 bridgehead atoms. The summed E-state index contributed by atoms with van der Waals surface area (Å²) in [5.74, 6) is -8.28. The molecule has 6 rings (SSSR count). The number of carbonyl (C=O) groups is 7. The summed E-state index contributed by atoms with van der Waals surface area (Å²) >= 11 is 0. The highest BCUT2D eigenvalue weighted by Crippen LogP contribution is 2.64. The Labute approximate surface area is 375 Å². The number of aliphatic hydroxyl groups is 3. The summed E-state index contributed by atoms with van der Waals surface area (Å²) in [6.45, 7) is 11.3. The van der Waals surface area contributed by atoms with Crippen molar-refractivity contribution in [3.05, 3.63) is 82.9 Å². The Morgan fingerprint density at radius 2 is 1.54 bits per heavy atom. The minimum Gasteiger partial charge on any atom is -0.481 e. The highest BCUT2D eigenvalue weighted by molar-refractivity contribution is 5.96. The zero-order chi connectivity index (χ0) is 48.0. The van der Waals surface area contributed by atoms with Gasteiger partial charge in [0.05, 0.1) is 48.5 Å². The van der Waals surface area contributed by atoms with E-state index in [0.29, 0.717) is 0 Å². The van der Waals surface area contributed by atoms with Gasteiger partial charge in [-0.25, -0.2) is 14.4 Å². The van der Waals surface area contributed by atoms with E-state index in [0.717, 1.165) is 6.92 Å². The van der Waals surface area contributed by atoms with Gasteiger partial charge in [-0.3, -0.25) is 19.2 Å². The highest BCUT2D eigenvalue weighted by atomic mass is 16.6. The first-order valence-electron chi connectivity index (χ1n) is 21.4. The number of hydrogen-bond donors (Lipinski definition) is 5. The lowest BCUT2D eigenvalue weighted by Gasteiger charge is -2.67. The number of carboxylic acid groups (broad SMARTS) is 1. The van der Waals surface area contributed by atoms with E-state index in [1.165, 1.54) is 39.8 Å². The number of alkyl carbamates (subject to hydrolysis) is 1. The largest absolute Gasteiger partial charge is 0.481 e. The van der Waals surface area contributed by atoms with Crippen molar-refractivity contribution in [1.29, 1.82) is 0 Å². The van der Waals surface area contributed by atoms with Crippen molar-refractivity contribution in [3.63, 3.8) is 0 Å². The van der Waals surface area contributed by atoms with Gasteiger partial charge in [0.1, 0.15) is 29.5 Å². The van der Waals surface area contributed by atoms with Gasteiger partial charge in [-0.1, -0.05) is 62.4 Å². The number of amides is 1. The molecule has 2 saturated carbocycles. The van der Waals surface area contributed by atoms with Gasteiger partial charge >= 0.3 is 35.9 Å². The van der Waals surface area contributed by atoms with Crippen LogP contribution in [0, 0.1) is 16.7 Å². The minimum atomic E-state index is -2.50. The van der Waals surface area contributed by atoms with Crippen LogP contribution >= 0.6 is 0 Å².